The van der Waals surface area contributed by atoms with Crippen LogP contribution in [0.15, 0.2) is 48.7 Å². The third-order valence-corrected chi connectivity index (χ3v) is 4.01. The Labute approximate surface area is 134 Å². The van der Waals surface area contributed by atoms with E-state index in [2.05, 4.69) is 9.97 Å². The highest BCUT2D eigenvalue weighted by atomic mass is 19.4. The average Bonchev–Trinajstić information content (AvgIpc) is 2.58. The van der Waals surface area contributed by atoms with Gasteiger partial charge in [-0.2, -0.15) is 13.2 Å². The number of para-hydroxylation sites is 1. The molecule has 0 bridgehead atoms. The van der Waals surface area contributed by atoms with Crippen molar-refractivity contribution < 1.29 is 17.9 Å². The molecule has 6 heteroatoms. The Balaban J connectivity index is 2.26. The molecule has 3 nitrogen and oxygen atoms in total. The van der Waals surface area contributed by atoms with E-state index < -0.39 is 11.7 Å². The number of ether oxygens (including phenoxy) is 1. The van der Waals surface area contributed by atoms with Crippen LogP contribution in [0.3, 0.4) is 0 Å². The number of halogens is 3. The van der Waals surface area contributed by atoms with E-state index in [-0.39, 0.29) is 16.3 Å². The zero-order valence-corrected chi connectivity index (χ0v) is 12.6. The molecule has 0 fully saturated rings. The SMILES string of the molecule is COc1ccc2nc3c(cnc4ccccc43)c(C(F)(F)F)c2c1. The van der Waals surface area contributed by atoms with Crippen molar-refractivity contribution in [1.29, 1.82) is 0 Å². The smallest absolute Gasteiger partial charge is 0.417 e. The molecule has 0 aliphatic carbocycles. The quantitative estimate of drug-likeness (QED) is 0.366. The summed E-state index contributed by atoms with van der Waals surface area (Å²) in [5, 5.41) is 0.589. The number of hydrogen-bond donors (Lipinski definition) is 0. The van der Waals surface area contributed by atoms with Crippen molar-refractivity contribution in [2.75, 3.05) is 7.11 Å². The monoisotopic (exact) mass is 328 g/mol. The lowest BCUT2D eigenvalue weighted by molar-refractivity contribution is -0.135. The fourth-order valence-electron chi connectivity index (χ4n) is 2.94. The number of alkyl halides is 3. The largest absolute Gasteiger partial charge is 0.497 e. The average molecular weight is 328 g/mol. The molecule has 24 heavy (non-hydrogen) atoms. The lowest BCUT2D eigenvalue weighted by Crippen LogP contribution is -2.08. The second-order valence-electron chi connectivity index (χ2n) is 5.41. The number of hydrogen-bond acceptors (Lipinski definition) is 3. The predicted molar refractivity (Wildman–Crippen MR) is 86.1 cm³/mol. The van der Waals surface area contributed by atoms with Crippen LogP contribution in [0, 0.1) is 0 Å². The summed E-state index contributed by atoms with van der Waals surface area (Å²) in [7, 11) is 1.41. The van der Waals surface area contributed by atoms with Crippen molar-refractivity contribution >= 4 is 32.7 Å². The Hall–Kier alpha value is -2.89. The minimum atomic E-state index is -4.53. The topological polar surface area (TPSA) is 35.0 Å². The first-order valence-corrected chi connectivity index (χ1v) is 7.21. The van der Waals surface area contributed by atoms with Gasteiger partial charge in [-0.05, 0) is 24.3 Å². The number of fused-ring (bicyclic) bond motifs is 4. The number of aromatic nitrogens is 2. The summed E-state index contributed by atoms with van der Waals surface area (Å²) in [6.45, 7) is 0. The van der Waals surface area contributed by atoms with E-state index in [1.165, 1.54) is 25.4 Å². The molecule has 0 unspecified atom stereocenters. The van der Waals surface area contributed by atoms with Gasteiger partial charge in [0.1, 0.15) is 5.75 Å². The minimum absolute atomic E-state index is 0.00595. The van der Waals surface area contributed by atoms with Gasteiger partial charge in [0.25, 0.3) is 0 Å². The van der Waals surface area contributed by atoms with Gasteiger partial charge in [-0.3, -0.25) is 4.98 Å². The Kier molecular flexibility index (Phi) is 3.09. The van der Waals surface area contributed by atoms with Gasteiger partial charge in [0.2, 0.25) is 0 Å². The van der Waals surface area contributed by atoms with Gasteiger partial charge < -0.3 is 4.74 Å². The standard InChI is InChI=1S/C18H11F3N2O/c1-24-10-6-7-15-12(8-10)16(18(19,20)21)13-9-22-14-5-3-2-4-11(14)17(13)23-15/h2-9H,1H3. The van der Waals surface area contributed by atoms with Crippen molar-refractivity contribution in [3.63, 3.8) is 0 Å². The van der Waals surface area contributed by atoms with Crippen molar-refractivity contribution in [3.05, 3.63) is 54.2 Å². The lowest BCUT2D eigenvalue weighted by atomic mass is 10.0. The molecule has 120 valence electrons. The molecule has 0 atom stereocenters. The van der Waals surface area contributed by atoms with Gasteiger partial charge in [-0.1, -0.05) is 18.2 Å². The summed E-state index contributed by atoms with van der Waals surface area (Å²) in [5.74, 6) is 0.350. The number of methoxy groups -OCH3 is 1. The van der Waals surface area contributed by atoms with Gasteiger partial charge >= 0.3 is 6.18 Å². The fraction of sp³-hybridized carbons (Fsp3) is 0.111. The van der Waals surface area contributed by atoms with Gasteiger partial charge in [-0.25, -0.2) is 4.98 Å². The van der Waals surface area contributed by atoms with Gasteiger partial charge in [0.15, 0.2) is 0 Å². The summed E-state index contributed by atoms with van der Waals surface area (Å²) < 4.78 is 46.4. The summed E-state index contributed by atoms with van der Waals surface area (Å²) in [4.78, 5) is 8.62. The molecule has 2 aromatic carbocycles. The highest BCUT2D eigenvalue weighted by molar-refractivity contribution is 6.09. The Morgan fingerprint density at radius 1 is 0.917 bits per heavy atom. The normalized spacial score (nSPS) is 12.2. The maximum Gasteiger partial charge on any atom is 0.417 e. The van der Waals surface area contributed by atoms with Crippen LogP contribution >= 0.6 is 0 Å². The molecule has 0 saturated heterocycles. The van der Waals surface area contributed by atoms with Crippen LogP contribution in [0.25, 0.3) is 32.7 Å². The molecule has 0 saturated carbocycles. The first-order valence-electron chi connectivity index (χ1n) is 7.21. The summed E-state index contributed by atoms with van der Waals surface area (Å²) in [5.41, 5.74) is 0.440. The van der Waals surface area contributed by atoms with E-state index in [0.29, 0.717) is 22.2 Å². The minimum Gasteiger partial charge on any atom is -0.497 e. The van der Waals surface area contributed by atoms with Crippen LogP contribution in [-0.2, 0) is 6.18 Å². The van der Waals surface area contributed by atoms with E-state index in [1.54, 1.807) is 30.3 Å². The van der Waals surface area contributed by atoms with Crippen LogP contribution in [0.5, 0.6) is 5.75 Å². The van der Waals surface area contributed by atoms with E-state index in [9.17, 15) is 13.2 Å². The maximum absolute atomic E-state index is 13.8. The first kappa shape index (κ1) is 14.7. The second kappa shape index (κ2) is 5.06. The number of nitrogens with zero attached hydrogens (tertiary/aromatic N) is 2. The zero-order chi connectivity index (χ0) is 16.9. The van der Waals surface area contributed by atoms with Crippen LogP contribution in [-0.4, -0.2) is 17.1 Å². The molecule has 0 amide bonds. The van der Waals surface area contributed by atoms with E-state index in [0.717, 1.165) is 0 Å². The Morgan fingerprint density at radius 3 is 2.46 bits per heavy atom. The molecule has 2 heterocycles. The molecule has 4 rings (SSSR count). The fourth-order valence-corrected chi connectivity index (χ4v) is 2.94. The van der Waals surface area contributed by atoms with Crippen molar-refractivity contribution in [1.82, 2.24) is 9.97 Å². The second-order valence-corrected chi connectivity index (χ2v) is 5.41. The van der Waals surface area contributed by atoms with Crippen LogP contribution in [0.1, 0.15) is 5.56 Å². The zero-order valence-electron chi connectivity index (χ0n) is 12.6. The molecular formula is C18H11F3N2O. The molecule has 0 aliphatic rings. The first-order chi connectivity index (χ1) is 11.5. The molecule has 0 spiro atoms. The summed E-state index contributed by atoms with van der Waals surface area (Å²) in [6, 6.07) is 11.5. The molecule has 0 N–H and O–H groups in total. The van der Waals surface area contributed by atoms with Crippen molar-refractivity contribution in [3.8, 4) is 5.75 Å². The van der Waals surface area contributed by atoms with E-state index >= 15 is 0 Å². The molecular weight excluding hydrogens is 317 g/mol. The van der Waals surface area contributed by atoms with Gasteiger partial charge in [0.05, 0.1) is 29.2 Å². The van der Waals surface area contributed by atoms with Crippen LogP contribution in [0.2, 0.25) is 0 Å². The Bertz CT molecular complexity index is 1090. The highest BCUT2D eigenvalue weighted by Gasteiger charge is 2.36. The van der Waals surface area contributed by atoms with Crippen LogP contribution < -0.4 is 4.74 Å². The van der Waals surface area contributed by atoms with Crippen molar-refractivity contribution in [2.45, 2.75) is 6.18 Å². The molecule has 0 radical (unpaired) electrons. The van der Waals surface area contributed by atoms with Crippen molar-refractivity contribution in [2.24, 2.45) is 0 Å². The summed E-state index contributed by atoms with van der Waals surface area (Å²) >= 11 is 0. The third kappa shape index (κ3) is 2.14. The molecule has 2 aromatic heterocycles. The predicted octanol–water partition coefficient (Wildman–Crippen LogP) is 4.96. The van der Waals surface area contributed by atoms with E-state index in [4.69, 9.17) is 4.74 Å². The lowest BCUT2D eigenvalue weighted by Gasteiger charge is -2.15. The number of pyridine rings is 2. The third-order valence-electron chi connectivity index (χ3n) is 4.01. The number of benzene rings is 2. The maximum atomic E-state index is 13.8. The van der Waals surface area contributed by atoms with Gasteiger partial charge in [-0.15, -0.1) is 0 Å². The molecule has 4 aromatic rings. The summed E-state index contributed by atoms with van der Waals surface area (Å²) in [6.07, 6.45) is -3.29. The molecule has 0 aliphatic heterocycles. The van der Waals surface area contributed by atoms with E-state index in [1.807, 2.05) is 0 Å². The highest BCUT2D eigenvalue weighted by Crippen LogP contribution is 2.41. The number of rotatable bonds is 1. The Morgan fingerprint density at radius 2 is 1.71 bits per heavy atom. The van der Waals surface area contributed by atoms with Crippen LogP contribution in [0.4, 0.5) is 13.2 Å². The van der Waals surface area contributed by atoms with Gasteiger partial charge in [0, 0.05) is 22.4 Å².